The smallest absolute Gasteiger partial charge is 0.326 e. The lowest BCUT2D eigenvalue weighted by Crippen LogP contribution is -2.55. The fourth-order valence-corrected chi connectivity index (χ4v) is 0.757. The van der Waals surface area contributed by atoms with E-state index in [0.717, 1.165) is 0 Å². The summed E-state index contributed by atoms with van der Waals surface area (Å²) in [7, 11) is 0. The number of carbonyl (C=O) groups excluding carboxylic acids is 2. The molecule has 12 heavy (non-hydrogen) atoms. The lowest BCUT2D eigenvalue weighted by atomic mass is 10.2. The van der Waals surface area contributed by atoms with Crippen LogP contribution in [0.1, 0.15) is 6.42 Å². The summed E-state index contributed by atoms with van der Waals surface area (Å²) >= 11 is 0. The molecule has 1 rings (SSSR count). The van der Waals surface area contributed by atoms with E-state index in [0.29, 0.717) is 0 Å². The van der Waals surface area contributed by atoms with Gasteiger partial charge in [0, 0.05) is 0 Å². The van der Waals surface area contributed by atoms with Crippen molar-refractivity contribution in [3.05, 3.63) is 0 Å². The Balaban J connectivity index is 0.00000121. The Hall–Kier alpha value is -1.63. The largest absolute Gasteiger partial charge is 0.480 e. The second-order valence-electron chi connectivity index (χ2n) is 2.12. The third kappa shape index (κ3) is 2.20. The van der Waals surface area contributed by atoms with Gasteiger partial charge in [0.2, 0.25) is 5.91 Å². The van der Waals surface area contributed by atoms with E-state index in [-0.39, 0.29) is 11.9 Å². The minimum atomic E-state index is -1.20. The zero-order valence-corrected chi connectivity index (χ0v) is 5.96. The zero-order chi connectivity index (χ0) is 8.43. The number of carboxylic acid groups (broad SMARTS) is 1. The number of hydrogen-bond acceptors (Lipinski definition) is 3. The molecule has 0 spiro atoms. The summed E-state index contributed by atoms with van der Waals surface area (Å²) in [5.41, 5.74) is 0. The first-order chi connectivity index (χ1) is 5.09. The van der Waals surface area contributed by atoms with E-state index >= 15 is 0 Å². The van der Waals surface area contributed by atoms with Crippen molar-refractivity contribution in [2.75, 3.05) is 0 Å². The molecule has 68 valence electrons. The second kappa shape index (κ2) is 3.67. The summed E-state index contributed by atoms with van der Waals surface area (Å²) < 4.78 is 0. The van der Waals surface area contributed by atoms with E-state index in [2.05, 4.69) is 5.32 Å². The molecule has 1 heterocycles. The first-order valence-electron chi connectivity index (χ1n) is 2.93. The highest BCUT2D eigenvalue weighted by molar-refractivity contribution is 6.01. The van der Waals surface area contributed by atoms with Gasteiger partial charge in [0.15, 0.2) is 0 Å². The van der Waals surface area contributed by atoms with Crippen molar-refractivity contribution < 1.29 is 25.0 Å². The quantitative estimate of drug-likeness (QED) is 0.420. The Kier molecular flexibility index (Phi) is 3.17. The first kappa shape index (κ1) is 10.4. The molecule has 1 atom stereocenters. The molecule has 1 saturated heterocycles. The maximum absolute atomic E-state index is 10.6. The van der Waals surface area contributed by atoms with Gasteiger partial charge in [-0.3, -0.25) is 10.1 Å². The van der Waals surface area contributed by atoms with Crippen molar-refractivity contribution >= 4 is 17.9 Å². The molecule has 7 nitrogen and oxygen atoms in total. The van der Waals surface area contributed by atoms with E-state index in [1.165, 1.54) is 0 Å². The van der Waals surface area contributed by atoms with Gasteiger partial charge in [0.05, 0.1) is 6.42 Å². The number of urea groups is 1. The number of imide groups is 1. The van der Waals surface area contributed by atoms with E-state index in [1.54, 1.807) is 0 Å². The van der Waals surface area contributed by atoms with Crippen molar-refractivity contribution in [1.29, 1.82) is 0 Å². The molecule has 0 aliphatic carbocycles. The minimum Gasteiger partial charge on any atom is -0.480 e. The summed E-state index contributed by atoms with van der Waals surface area (Å²) in [4.78, 5) is 31.3. The predicted octanol–water partition coefficient (Wildman–Crippen LogP) is -2.16. The van der Waals surface area contributed by atoms with Crippen LogP contribution in [0.4, 0.5) is 4.79 Å². The van der Waals surface area contributed by atoms with Crippen LogP contribution in [-0.2, 0) is 9.59 Å². The summed E-state index contributed by atoms with van der Waals surface area (Å²) in [6.07, 6.45) is -0.207. The topological polar surface area (TPSA) is 127 Å². The number of hydrogen-bond donors (Lipinski definition) is 3. The van der Waals surface area contributed by atoms with Crippen LogP contribution in [0.3, 0.4) is 0 Å². The van der Waals surface area contributed by atoms with Gasteiger partial charge in [0.25, 0.3) is 0 Å². The molecule has 1 aliphatic rings. The highest BCUT2D eigenvalue weighted by Gasteiger charge is 2.28. The number of nitrogens with one attached hydrogen (secondary N) is 2. The van der Waals surface area contributed by atoms with Crippen molar-refractivity contribution in [3.8, 4) is 0 Å². The number of carbonyl (C=O) groups is 3. The molecule has 0 aromatic carbocycles. The van der Waals surface area contributed by atoms with Crippen LogP contribution in [0, 0.1) is 0 Å². The van der Waals surface area contributed by atoms with Gasteiger partial charge in [-0.05, 0) is 0 Å². The lowest BCUT2D eigenvalue weighted by Gasteiger charge is -2.18. The van der Waals surface area contributed by atoms with E-state index < -0.39 is 23.9 Å². The molecule has 1 fully saturated rings. The Morgan fingerprint density at radius 2 is 2.08 bits per heavy atom. The molecule has 7 heteroatoms. The summed E-state index contributed by atoms with van der Waals surface area (Å²) in [6, 6.07) is -1.84. The molecule has 5 N–H and O–H groups in total. The van der Waals surface area contributed by atoms with Crippen molar-refractivity contribution in [2.45, 2.75) is 12.5 Å². The maximum atomic E-state index is 10.6. The molecule has 1 aliphatic heterocycles. The molecule has 0 radical (unpaired) electrons. The Bertz CT molecular complexity index is 210. The second-order valence-corrected chi connectivity index (χ2v) is 2.12. The van der Waals surface area contributed by atoms with Crippen LogP contribution in [0.15, 0.2) is 0 Å². The van der Waals surface area contributed by atoms with Crippen LogP contribution in [-0.4, -0.2) is 34.5 Å². The molecular formula is C5H8N2O5. The van der Waals surface area contributed by atoms with Crippen molar-refractivity contribution in [1.82, 2.24) is 10.6 Å². The summed E-state index contributed by atoms with van der Waals surface area (Å²) in [6.45, 7) is 0. The molecule has 0 bridgehead atoms. The zero-order valence-electron chi connectivity index (χ0n) is 5.96. The Morgan fingerprint density at radius 1 is 1.50 bits per heavy atom. The fraction of sp³-hybridized carbons (Fsp3) is 0.400. The Labute approximate surface area is 67.1 Å². The number of aliphatic carboxylic acids is 1. The van der Waals surface area contributed by atoms with Crippen molar-refractivity contribution in [2.24, 2.45) is 0 Å². The van der Waals surface area contributed by atoms with Crippen molar-refractivity contribution in [3.63, 3.8) is 0 Å². The third-order valence-electron chi connectivity index (χ3n) is 1.25. The summed E-state index contributed by atoms with van der Waals surface area (Å²) in [5, 5.41) is 12.4. The van der Waals surface area contributed by atoms with Crippen LogP contribution in [0.5, 0.6) is 0 Å². The maximum Gasteiger partial charge on any atom is 0.326 e. The van der Waals surface area contributed by atoms with Crippen LogP contribution in [0.2, 0.25) is 0 Å². The highest BCUT2D eigenvalue weighted by Crippen LogP contribution is 1.97. The lowest BCUT2D eigenvalue weighted by molar-refractivity contribution is -0.141. The van der Waals surface area contributed by atoms with Crippen LogP contribution < -0.4 is 10.6 Å². The average Bonchev–Trinajstić information content (AvgIpc) is 1.85. The van der Waals surface area contributed by atoms with Gasteiger partial charge in [-0.15, -0.1) is 0 Å². The number of carboxylic acids is 1. The standard InChI is InChI=1S/C5H6N2O4.H2O/c8-3-1-2(4(9)10)6-5(11)7-3;/h2H,1H2,(H,9,10)(H2,6,7,8,11);1H2. The molecular weight excluding hydrogens is 168 g/mol. The SMILES string of the molecule is O.O=C1CC(C(=O)O)NC(=O)N1. The van der Waals surface area contributed by atoms with Crippen LogP contribution in [0.25, 0.3) is 0 Å². The molecule has 3 amide bonds. The fourth-order valence-electron chi connectivity index (χ4n) is 0.757. The van der Waals surface area contributed by atoms with Gasteiger partial charge in [-0.1, -0.05) is 0 Å². The monoisotopic (exact) mass is 176 g/mol. The van der Waals surface area contributed by atoms with Gasteiger partial charge >= 0.3 is 12.0 Å². The number of rotatable bonds is 1. The van der Waals surface area contributed by atoms with E-state index in [4.69, 9.17) is 5.11 Å². The number of amides is 3. The van der Waals surface area contributed by atoms with Gasteiger partial charge < -0.3 is 15.9 Å². The van der Waals surface area contributed by atoms with Gasteiger partial charge in [0.1, 0.15) is 6.04 Å². The third-order valence-corrected chi connectivity index (χ3v) is 1.25. The van der Waals surface area contributed by atoms with E-state index in [1.807, 2.05) is 5.32 Å². The van der Waals surface area contributed by atoms with Gasteiger partial charge in [-0.2, -0.15) is 0 Å². The summed E-state index contributed by atoms with van der Waals surface area (Å²) in [5.74, 6) is -1.77. The van der Waals surface area contributed by atoms with Gasteiger partial charge in [-0.25, -0.2) is 9.59 Å². The average molecular weight is 176 g/mol. The molecule has 0 aromatic heterocycles. The molecule has 0 saturated carbocycles. The highest BCUT2D eigenvalue weighted by atomic mass is 16.4. The minimum absolute atomic E-state index is 0. The predicted molar refractivity (Wildman–Crippen MR) is 36.3 cm³/mol. The Morgan fingerprint density at radius 3 is 2.50 bits per heavy atom. The first-order valence-corrected chi connectivity index (χ1v) is 2.93. The normalized spacial score (nSPS) is 21.8. The molecule has 1 unspecified atom stereocenters. The molecule has 0 aromatic rings. The van der Waals surface area contributed by atoms with E-state index in [9.17, 15) is 14.4 Å². The van der Waals surface area contributed by atoms with Crippen LogP contribution >= 0.6 is 0 Å².